The number of rotatable bonds is 12. The van der Waals surface area contributed by atoms with Crippen molar-refractivity contribution in [1.82, 2.24) is 24.2 Å². The molecule has 8 N–H and O–H groups in total. The number of ether oxygens (including phenoxy) is 3. The highest BCUT2D eigenvalue weighted by molar-refractivity contribution is 7.52. The number of para-hydroxylation sites is 1. The average molecular weight is 836 g/mol. The Morgan fingerprint density at radius 3 is 1.76 bits per heavy atom. The number of hydrogen-bond acceptors (Lipinski definition) is 18. The number of benzene rings is 1. The second-order valence-corrected chi connectivity index (χ2v) is 15.4. The summed E-state index contributed by atoms with van der Waals surface area (Å²) in [6.07, 6.45) is -4.73. The first-order valence-electron chi connectivity index (χ1n) is 17.3. The number of esters is 1. The molecule has 2 aliphatic rings. The summed E-state index contributed by atoms with van der Waals surface area (Å²) < 4.78 is 42.0. The lowest BCUT2D eigenvalue weighted by Gasteiger charge is -2.34. The van der Waals surface area contributed by atoms with Gasteiger partial charge < -0.3 is 44.3 Å². The highest BCUT2D eigenvalue weighted by Gasteiger charge is 2.66. The van der Waals surface area contributed by atoms with Gasteiger partial charge in [0.05, 0.1) is 19.3 Å². The molecule has 24 heteroatoms. The zero-order chi connectivity index (χ0) is 43.4. The van der Waals surface area contributed by atoms with Gasteiger partial charge in [-0.2, -0.15) is 15.6 Å². The number of carbonyl (C=O) groups is 1. The molecule has 5 rings (SSSR count). The van der Waals surface area contributed by atoms with E-state index in [1.54, 1.807) is 44.2 Å². The van der Waals surface area contributed by atoms with Crippen molar-refractivity contribution in [3.05, 3.63) is 96.5 Å². The summed E-state index contributed by atoms with van der Waals surface area (Å²) in [6, 6.07) is 12.0. The summed E-state index contributed by atoms with van der Waals surface area (Å²) in [7, 11) is -4.38. The fourth-order valence-corrected chi connectivity index (χ4v) is 7.52. The Hall–Kier alpha value is -5.30. The van der Waals surface area contributed by atoms with Crippen LogP contribution >= 0.6 is 7.75 Å². The van der Waals surface area contributed by atoms with Crippen molar-refractivity contribution < 1.29 is 58.2 Å². The quantitative estimate of drug-likeness (QED) is 0.0695. The first kappa shape index (κ1) is 45.4. The maximum absolute atomic E-state index is 13.7. The lowest BCUT2D eigenvalue weighted by Crippen LogP contribution is -2.58. The van der Waals surface area contributed by atoms with Crippen LogP contribution in [0.15, 0.2) is 74.0 Å². The number of aliphatic hydroxyl groups is 5. The minimum absolute atomic E-state index is 0.124. The van der Waals surface area contributed by atoms with E-state index >= 15 is 0 Å². The van der Waals surface area contributed by atoms with Gasteiger partial charge in [-0.05, 0) is 46.8 Å². The third-order valence-electron chi connectivity index (χ3n) is 9.12. The van der Waals surface area contributed by atoms with E-state index in [2.05, 4.69) is 5.09 Å². The predicted molar refractivity (Wildman–Crippen MR) is 194 cm³/mol. The molecule has 0 aliphatic carbocycles. The number of nitriles is 2. The molecule has 0 saturated carbocycles. The Morgan fingerprint density at radius 1 is 0.879 bits per heavy atom. The summed E-state index contributed by atoms with van der Waals surface area (Å²) in [5, 5.41) is 73.0. The van der Waals surface area contributed by atoms with Crippen LogP contribution in [0.25, 0.3) is 0 Å². The Labute approximate surface area is 327 Å². The van der Waals surface area contributed by atoms with Crippen LogP contribution in [0.2, 0.25) is 0 Å². The Kier molecular flexibility index (Phi) is 13.5. The zero-order valence-electron chi connectivity index (χ0n) is 31.5. The Morgan fingerprint density at radius 2 is 1.34 bits per heavy atom. The second kappa shape index (κ2) is 17.3. The third kappa shape index (κ3) is 8.60. The van der Waals surface area contributed by atoms with Crippen LogP contribution in [0.1, 0.15) is 34.6 Å². The van der Waals surface area contributed by atoms with Crippen LogP contribution in [0.3, 0.4) is 0 Å². The van der Waals surface area contributed by atoms with Crippen LogP contribution in [-0.2, 0) is 39.5 Å². The smallest absolute Gasteiger partial charge is 0.459 e. The summed E-state index contributed by atoms with van der Waals surface area (Å²) in [5.74, 6) is -0.611. The number of hydrogen-bond donors (Lipinski definition) is 8. The largest absolute Gasteiger partial charge is 0.462 e. The highest BCUT2D eigenvalue weighted by atomic mass is 31.2. The van der Waals surface area contributed by atoms with E-state index in [0.717, 1.165) is 38.4 Å². The van der Waals surface area contributed by atoms with Crippen LogP contribution < -0.4 is 32.1 Å². The number of carbonyl (C=O) groups excluding carboxylic acids is 1. The molecule has 0 bridgehead atoms. The fourth-order valence-electron chi connectivity index (χ4n) is 6.02. The topological polar surface area (TPSA) is 351 Å². The molecule has 2 saturated heterocycles. The molecule has 3 aromatic rings. The monoisotopic (exact) mass is 835 g/mol. The summed E-state index contributed by atoms with van der Waals surface area (Å²) >= 11 is 0. The minimum Gasteiger partial charge on any atom is -0.462 e. The number of nitrogens with one attached hydrogen (secondary N) is 3. The molecule has 23 nitrogen and oxygen atoms in total. The minimum atomic E-state index is -4.38. The first-order chi connectivity index (χ1) is 27.0. The molecule has 2 fully saturated rings. The van der Waals surface area contributed by atoms with Crippen molar-refractivity contribution in [2.24, 2.45) is 0 Å². The summed E-state index contributed by atoms with van der Waals surface area (Å²) in [5.41, 5.74) is -12.8. The van der Waals surface area contributed by atoms with E-state index in [4.69, 9.17) is 28.4 Å². The van der Waals surface area contributed by atoms with Crippen molar-refractivity contribution >= 4 is 13.7 Å². The Bertz CT molecular complexity index is 2330. The van der Waals surface area contributed by atoms with Crippen molar-refractivity contribution in [1.29, 1.82) is 10.5 Å². The first-order valence-corrected chi connectivity index (χ1v) is 18.8. The lowest BCUT2D eigenvalue weighted by atomic mass is 9.88. The van der Waals surface area contributed by atoms with Gasteiger partial charge in [0.15, 0.2) is 11.2 Å². The number of aromatic nitrogens is 4. The molecule has 4 heterocycles. The molecule has 2 aromatic heterocycles. The Balaban J connectivity index is 0.000000311. The van der Waals surface area contributed by atoms with Gasteiger partial charge in [0.1, 0.15) is 48.3 Å². The fraction of sp³-hybridized carbons (Fsp3) is 0.500. The van der Waals surface area contributed by atoms with Crippen molar-refractivity contribution in [3.63, 3.8) is 0 Å². The van der Waals surface area contributed by atoms with Crippen LogP contribution in [-0.4, -0.2) is 112 Å². The molecule has 1 aromatic carbocycles. The number of H-pyrrole nitrogens is 2. The maximum atomic E-state index is 13.7. The van der Waals surface area contributed by atoms with Crippen molar-refractivity contribution in [3.8, 4) is 17.9 Å². The molecule has 2 aliphatic heterocycles. The van der Waals surface area contributed by atoms with Gasteiger partial charge in [-0.1, -0.05) is 18.2 Å². The van der Waals surface area contributed by atoms with E-state index in [9.17, 15) is 59.5 Å². The van der Waals surface area contributed by atoms with E-state index in [1.807, 2.05) is 9.97 Å². The second-order valence-electron chi connectivity index (χ2n) is 13.7. The van der Waals surface area contributed by atoms with Gasteiger partial charge in [0.25, 0.3) is 22.6 Å². The van der Waals surface area contributed by atoms with Crippen molar-refractivity contribution in [2.45, 2.75) is 93.8 Å². The maximum Gasteiger partial charge on any atom is 0.459 e. The molecular formula is C34H42N7O16P. The molecule has 314 valence electrons. The SMILES string of the molecule is CC(C)OC(=O)[C@H](C)NP(=O)(OC[C@H]1O[C@@](C#N)(n2ccc(=O)[nH]c2=O)[C@](C)(O)[C@@H]1O)Oc1ccccc1.C[C@@]1(O)[C@H](O)[C@@H](CO)O[C@@]1(C#N)n1ccc(=O)[nH]c1=O. The van der Waals surface area contributed by atoms with Crippen LogP contribution in [0.5, 0.6) is 5.75 Å². The molecule has 1 unspecified atom stereocenters. The highest BCUT2D eigenvalue weighted by Crippen LogP contribution is 2.48. The van der Waals surface area contributed by atoms with Gasteiger partial charge in [0.2, 0.25) is 0 Å². The number of aromatic amines is 2. The van der Waals surface area contributed by atoms with Gasteiger partial charge in [0, 0.05) is 24.5 Å². The zero-order valence-corrected chi connectivity index (χ0v) is 32.4. The molecule has 10 atom stereocenters. The van der Waals surface area contributed by atoms with Crippen LogP contribution in [0.4, 0.5) is 0 Å². The normalized spacial score (nSPS) is 30.6. The van der Waals surface area contributed by atoms with E-state index < -0.39 is 109 Å². The predicted octanol–water partition coefficient (Wildman–Crippen LogP) is -2.43. The number of aliphatic hydroxyl groups excluding tert-OH is 3. The number of nitrogens with zero attached hydrogens (tertiary/aromatic N) is 4. The summed E-state index contributed by atoms with van der Waals surface area (Å²) in [4.78, 5) is 62.9. The molecule has 0 radical (unpaired) electrons. The molecule has 0 spiro atoms. The van der Waals surface area contributed by atoms with Gasteiger partial charge in [-0.15, -0.1) is 0 Å². The summed E-state index contributed by atoms with van der Waals surface area (Å²) in [6.45, 7) is 5.45. The molecule has 58 heavy (non-hydrogen) atoms. The van der Waals surface area contributed by atoms with E-state index in [1.165, 1.54) is 19.1 Å². The van der Waals surface area contributed by atoms with E-state index in [0.29, 0.717) is 9.13 Å². The van der Waals surface area contributed by atoms with Gasteiger partial charge in [-0.3, -0.25) is 38.0 Å². The van der Waals surface area contributed by atoms with Crippen molar-refractivity contribution in [2.75, 3.05) is 13.2 Å². The third-order valence-corrected chi connectivity index (χ3v) is 10.8. The standard InChI is InChI=1S/C23H29N4O10P.C11H13N3O6/c1-14(2)35-20(30)15(3)26-38(33,37-16-8-6-5-7-9-16)34-12-17-19(29)22(4,32)23(13-24,36-17)27-11-10-18(28)25-21(27)31;1-10(19)8(17)6(4-15)20-11(10,5-12)14-3-2-7(16)13-9(14)18/h5-11,14-15,17,19,29,32H,12H2,1-4H3,(H,26,33)(H,25,28,31);2-3,6,8,15,17,19H,4H2,1H3,(H,13,16,18)/t15-,17+,19+,22+,23+,38?;6-,8-,10-,11-/m01/s1. The average Bonchev–Trinajstić information content (AvgIpc) is 3.48. The lowest BCUT2D eigenvalue weighted by molar-refractivity contribution is -0.152. The van der Waals surface area contributed by atoms with Gasteiger partial charge in [-0.25, -0.2) is 14.2 Å². The van der Waals surface area contributed by atoms with Gasteiger partial charge >= 0.3 is 25.1 Å². The van der Waals surface area contributed by atoms with Crippen LogP contribution in [0, 0.1) is 22.7 Å². The molecular weight excluding hydrogens is 793 g/mol. The van der Waals surface area contributed by atoms with E-state index in [-0.39, 0.29) is 5.75 Å². The molecule has 0 amide bonds.